The Balaban J connectivity index is 2.15. The lowest BCUT2D eigenvalue weighted by molar-refractivity contribution is 0.0711. The predicted molar refractivity (Wildman–Crippen MR) is 65.8 cm³/mol. The second-order valence-corrected chi connectivity index (χ2v) is 5.65. The summed E-state index contributed by atoms with van der Waals surface area (Å²) in [7, 11) is 0. The fourth-order valence-corrected chi connectivity index (χ4v) is 2.79. The molecule has 0 aromatic rings. The van der Waals surface area contributed by atoms with Gasteiger partial charge in [0, 0.05) is 0 Å². The number of aliphatic hydroxyl groups is 1. The van der Waals surface area contributed by atoms with Gasteiger partial charge in [-0.2, -0.15) is 0 Å². The second kappa shape index (κ2) is 6.52. The smallest absolute Gasteiger partial charge is 0.0543 e. The summed E-state index contributed by atoms with van der Waals surface area (Å²) in [6.45, 7) is 6.95. The Bertz CT molecular complexity index is 167. The van der Waals surface area contributed by atoms with Crippen LogP contribution in [0.15, 0.2) is 0 Å². The van der Waals surface area contributed by atoms with Gasteiger partial charge in [-0.05, 0) is 37.0 Å². The van der Waals surface area contributed by atoms with Gasteiger partial charge in [-0.15, -0.1) is 0 Å². The van der Waals surface area contributed by atoms with Crippen LogP contribution < -0.4 is 0 Å². The zero-order chi connectivity index (χ0) is 11.3. The summed E-state index contributed by atoms with van der Waals surface area (Å²) in [5.74, 6) is 2.53. The van der Waals surface area contributed by atoms with Crippen molar-refractivity contribution < 1.29 is 5.11 Å². The van der Waals surface area contributed by atoms with Gasteiger partial charge in [0.15, 0.2) is 0 Å². The number of hydrogen-bond acceptors (Lipinski definition) is 1. The van der Waals surface area contributed by atoms with E-state index < -0.39 is 0 Å². The van der Waals surface area contributed by atoms with Crippen LogP contribution in [-0.2, 0) is 0 Å². The Morgan fingerprint density at radius 3 is 2.67 bits per heavy atom. The van der Waals surface area contributed by atoms with Gasteiger partial charge < -0.3 is 5.11 Å². The van der Waals surface area contributed by atoms with E-state index in [1.165, 1.54) is 32.1 Å². The standard InChI is InChI=1S/C14H28O/c1-4-11(2)6-5-7-13-8-9-14(15)10-12(13)3/h11-15H,4-10H2,1-3H3. The Labute approximate surface area is 95.3 Å². The van der Waals surface area contributed by atoms with E-state index in [4.69, 9.17) is 0 Å². The van der Waals surface area contributed by atoms with E-state index in [0.717, 1.165) is 30.6 Å². The Hall–Kier alpha value is -0.0400. The van der Waals surface area contributed by atoms with Crippen molar-refractivity contribution in [2.75, 3.05) is 0 Å². The first-order valence-corrected chi connectivity index (χ1v) is 6.81. The normalized spacial score (nSPS) is 34.0. The summed E-state index contributed by atoms with van der Waals surface area (Å²) >= 11 is 0. The number of aliphatic hydroxyl groups excluding tert-OH is 1. The van der Waals surface area contributed by atoms with Crippen molar-refractivity contribution in [2.24, 2.45) is 17.8 Å². The quantitative estimate of drug-likeness (QED) is 0.730. The molecule has 0 aromatic heterocycles. The maximum absolute atomic E-state index is 9.55. The SMILES string of the molecule is CCC(C)CCCC1CCC(O)CC1C. The van der Waals surface area contributed by atoms with Crippen molar-refractivity contribution in [3.05, 3.63) is 0 Å². The minimum Gasteiger partial charge on any atom is -0.393 e. The molecule has 0 aliphatic heterocycles. The van der Waals surface area contributed by atoms with Crippen LogP contribution in [-0.4, -0.2) is 11.2 Å². The monoisotopic (exact) mass is 212 g/mol. The molecule has 0 amide bonds. The highest BCUT2D eigenvalue weighted by Gasteiger charge is 2.25. The maximum atomic E-state index is 9.55. The van der Waals surface area contributed by atoms with E-state index in [-0.39, 0.29) is 6.10 Å². The number of hydrogen-bond donors (Lipinski definition) is 1. The van der Waals surface area contributed by atoms with Gasteiger partial charge in [-0.25, -0.2) is 0 Å². The average Bonchev–Trinajstić information content (AvgIpc) is 2.21. The Morgan fingerprint density at radius 1 is 1.33 bits per heavy atom. The van der Waals surface area contributed by atoms with Gasteiger partial charge in [0.1, 0.15) is 0 Å². The fourth-order valence-electron chi connectivity index (χ4n) is 2.79. The zero-order valence-electron chi connectivity index (χ0n) is 10.7. The summed E-state index contributed by atoms with van der Waals surface area (Å²) in [6.07, 6.45) is 8.81. The summed E-state index contributed by atoms with van der Waals surface area (Å²) < 4.78 is 0. The van der Waals surface area contributed by atoms with Crippen LogP contribution in [0.1, 0.15) is 65.7 Å². The van der Waals surface area contributed by atoms with E-state index in [1.807, 2.05) is 0 Å². The molecular weight excluding hydrogens is 184 g/mol. The molecule has 1 rings (SSSR count). The fraction of sp³-hybridized carbons (Fsp3) is 1.00. The van der Waals surface area contributed by atoms with Crippen LogP contribution in [0.5, 0.6) is 0 Å². The molecule has 4 unspecified atom stereocenters. The molecule has 4 atom stereocenters. The van der Waals surface area contributed by atoms with Crippen LogP contribution in [0, 0.1) is 17.8 Å². The third-order valence-electron chi connectivity index (χ3n) is 4.29. The Morgan fingerprint density at radius 2 is 2.07 bits per heavy atom. The van der Waals surface area contributed by atoms with Crippen molar-refractivity contribution in [1.29, 1.82) is 0 Å². The number of rotatable bonds is 5. The van der Waals surface area contributed by atoms with Gasteiger partial charge in [-0.1, -0.05) is 46.5 Å². The molecule has 1 aliphatic rings. The largest absolute Gasteiger partial charge is 0.393 e. The maximum Gasteiger partial charge on any atom is 0.0543 e. The van der Waals surface area contributed by atoms with Crippen molar-refractivity contribution in [2.45, 2.75) is 71.8 Å². The minimum atomic E-state index is -0.00850. The first kappa shape index (κ1) is 13.0. The molecule has 0 radical (unpaired) electrons. The molecule has 15 heavy (non-hydrogen) atoms. The van der Waals surface area contributed by atoms with Gasteiger partial charge in [0.25, 0.3) is 0 Å². The molecule has 1 saturated carbocycles. The molecule has 0 aromatic carbocycles. The van der Waals surface area contributed by atoms with Gasteiger partial charge in [0.05, 0.1) is 6.10 Å². The summed E-state index contributed by atoms with van der Waals surface area (Å²) in [5.41, 5.74) is 0. The first-order valence-electron chi connectivity index (χ1n) is 6.81. The lowest BCUT2D eigenvalue weighted by atomic mass is 9.76. The summed E-state index contributed by atoms with van der Waals surface area (Å²) in [4.78, 5) is 0. The zero-order valence-corrected chi connectivity index (χ0v) is 10.7. The molecule has 0 bridgehead atoms. The summed E-state index contributed by atoms with van der Waals surface area (Å²) in [5, 5.41) is 9.55. The molecule has 0 saturated heterocycles. The molecule has 1 N–H and O–H groups in total. The van der Waals surface area contributed by atoms with Crippen LogP contribution in [0.4, 0.5) is 0 Å². The molecule has 1 aliphatic carbocycles. The van der Waals surface area contributed by atoms with E-state index >= 15 is 0 Å². The average molecular weight is 212 g/mol. The van der Waals surface area contributed by atoms with Crippen molar-refractivity contribution in [3.8, 4) is 0 Å². The third kappa shape index (κ3) is 4.55. The predicted octanol–water partition coefficient (Wildman–Crippen LogP) is 4.00. The van der Waals surface area contributed by atoms with E-state index in [2.05, 4.69) is 20.8 Å². The molecule has 1 nitrogen and oxygen atoms in total. The van der Waals surface area contributed by atoms with Crippen LogP contribution in [0.3, 0.4) is 0 Å². The van der Waals surface area contributed by atoms with E-state index in [1.54, 1.807) is 0 Å². The minimum absolute atomic E-state index is 0.00850. The molecule has 0 heterocycles. The lowest BCUT2D eigenvalue weighted by Crippen LogP contribution is -2.25. The van der Waals surface area contributed by atoms with E-state index in [0.29, 0.717) is 0 Å². The molecule has 90 valence electrons. The molecular formula is C14H28O. The highest BCUT2D eigenvalue weighted by molar-refractivity contribution is 4.77. The van der Waals surface area contributed by atoms with Crippen molar-refractivity contribution in [1.82, 2.24) is 0 Å². The lowest BCUT2D eigenvalue weighted by Gasteiger charge is -2.32. The Kier molecular flexibility index (Phi) is 5.66. The van der Waals surface area contributed by atoms with Gasteiger partial charge in [-0.3, -0.25) is 0 Å². The van der Waals surface area contributed by atoms with Crippen molar-refractivity contribution in [3.63, 3.8) is 0 Å². The second-order valence-electron chi connectivity index (χ2n) is 5.65. The highest BCUT2D eigenvalue weighted by atomic mass is 16.3. The topological polar surface area (TPSA) is 20.2 Å². The van der Waals surface area contributed by atoms with Gasteiger partial charge >= 0.3 is 0 Å². The summed E-state index contributed by atoms with van der Waals surface area (Å²) in [6, 6.07) is 0. The molecule has 1 heteroatoms. The first-order chi connectivity index (χ1) is 7.13. The van der Waals surface area contributed by atoms with Crippen molar-refractivity contribution >= 4 is 0 Å². The highest BCUT2D eigenvalue weighted by Crippen LogP contribution is 2.33. The van der Waals surface area contributed by atoms with Crippen LogP contribution in [0.2, 0.25) is 0 Å². The van der Waals surface area contributed by atoms with Gasteiger partial charge in [0.2, 0.25) is 0 Å². The third-order valence-corrected chi connectivity index (χ3v) is 4.29. The van der Waals surface area contributed by atoms with E-state index in [9.17, 15) is 5.11 Å². The van der Waals surface area contributed by atoms with Crippen LogP contribution in [0.25, 0.3) is 0 Å². The van der Waals surface area contributed by atoms with Crippen LogP contribution >= 0.6 is 0 Å². The molecule has 1 fully saturated rings. The molecule has 0 spiro atoms.